The zero-order chi connectivity index (χ0) is 45.0. The van der Waals surface area contributed by atoms with Crippen molar-refractivity contribution in [1.82, 2.24) is 15.3 Å². The summed E-state index contributed by atoms with van der Waals surface area (Å²) in [5, 5.41) is 14.8. The Balaban J connectivity index is 1.36. The van der Waals surface area contributed by atoms with Crippen LogP contribution >= 0.6 is 23.4 Å². The Morgan fingerprint density at radius 3 is 2.49 bits per heavy atom. The Morgan fingerprint density at radius 2 is 1.84 bits per heavy atom. The number of imide groups is 1. The monoisotopic (exact) mass is 890 g/mol. The van der Waals surface area contributed by atoms with Crippen LogP contribution in [0.4, 0.5) is 10.5 Å². The number of halogens is 1. The van der Waals surface area contributed by atoms with Gasteiger partial charge < -0.3 is 43.4 Å². The van der Waals surface area contributed by atoms with Crippen molar-refractivity contribution in [3.63, 3.8) is 0 Å². The lowest BCUT2D eigenvalue weighted by atomic mass is 9.83. The summed E-state index contributed by atoms with van der Waals surface area (Å²) in [7, 11) is 5.80. The summed E-state index contributed by atoms with van der Waals surface area (Å²) in [6.07, 6.45) is 2.21. The highest BCUT2D eigenvalue weighted by Crippen LogP contribution is 2.49. The number of carbonyl (C=O) groups excluding carboxylic acids is 7. The van der Waals surface area contributed by atoms with Crippen molar-refractivity contribution in [1.29, 1.82) is 0 Å². The molecule has 0 radical (unpaired) electrons. The number of amides is 5. The first-order chi connectivity index (χ1) is 28.7. The van der Waals surface area contributed by atoms with Crippen LogP contribution in [0.2, 0.25) is 5.02 Å². The minimum atomic E-state index is -1.88. The Hall–Kier alpha value is -4.95. The van der Waals surface area contributed by atoms with E-state index in [2.05, 4.69) is 5.32 Å². The predicted molar refractivity (Wildman–Crippen MR) is 220 cm³/mol. The summed E-state index contributed by atoms with van der Waals surface area (Å²) in [5.74, 6) is -4.62. The number of allylic oxidation sites excluding steroid dienone is 3. The van der Waals surface area contributed by atoms with Gasteiger partial charge in [0.25, 0.3) is 11.8 Å². The minimum absolute atomic E-state index is 0.0953. The lowest BCUT2D eigenvalue weighted by molar-refractivity contribution is -0.194. The number of esters is 1. The van der Waals surface area contributed by atoms with Gasteiger partial charge in [0.2, 0.25) is 11.8 Å². The molecule has 0 unspecified atom stereocenters. The fourth-order valence-corrected chi connectivity index (χ4v) is 8.31. The van der Waals surface area contributed by atoms with Crippen LogP contribution in [0.5, 0.6) is 5.75 Å². The van der Waals surface area contributed by atoms with Crippen molar-refractivity contribution < 1.29 is 67.2 Å². The number of aliphatic hydroxyl groups is 1. The fourth-order valence-electron chi connectivity index (χ4n) is 7.31. The molecular formula is C41H51ClN4O14S. The first-order valence-electron chi connectivity index (χ1n) is 19.4. The Labute approximate surface area is 362 Å². The second kappa shape index (κ2) is 19.4. The van der Waals surface area contributed by atoms with E-state index in [1.54, 1.807) is 38.1 Å². The van der Waals surface area contributed by atoms with Gasteiger partial charge in [0, 0.05) is 57.9 Å². The number of methoxy groups -OCH3 is 2. The zero-order valence-electron chi connectivity index (χ0n) is 35.1. The number of benzene rings is 1. The maximum absolute atomic E-state index is 14.2. The molecule has 20 heteroatoms. The van der Waals surface area contributed by atoms with Crippen LogP contribution in [0, 0.1) is 5.92 Å². The number of hydroxylamine groups is 2. The van der Waals surface area contributed by atoms with Crippen molar-refractivity contribution in [3.05, 3.63) is 58.7 Å². The lowest BCUT2D eigenvalue weighted by Gasteiger charge is -2.42. The number of fused-ring (bicyclic) bond motifs is 5. The average molecular weight is 891 g/mol. The van der Waals surface area contributed by atoms with E-state index in [0.717, 1.165) is 35.1 Å². The molecule has 4 aliphatic rings. The average Bonchev–Trinajstić information content (AvgIpc) is 3.82. The summed E-state index contributed by atoms with van der Waals surface area (Å²) in [6.45, 7) is 6.77. The quantitative estimate of drug-likeness (QED) is 0.141. The summed E-state index contributed by atoms with van der Waals surface area (Å²) in [4.78, 5) is 96.9. The highest BCUT2D eigenvalue weighted by atomic mass is 35.5. The molecule has 18 nitrogen and oxygen atoms in total. The van der Waals surface area contributed by atoms with E-state index in [9.17, 15) is 38.7 Å². The molecule has 2 N–H and O–H groups in total. The molecule has 5 amide bonds. The SMILES string of the molecule is COc1cc2cc(c1Cl)N(C)C(=O)C[C@H](OC(=O)[C@H](C)N(C)C(=O)CCSCC(=O)ON1C(=O)C=CC1=O)[C@]1(C)O[C@H]1[C@H](C)[C@@H]1C[C@@](O)(NC(=O)O1)[C@H](OC)/C=C/C=C(\C)C2. The van der Waals surface area contributed by atoms with Crippen LogP contribution in [0.25, 0.3) is 0 Å². The molecule has 0 aliphatic carbocycles. The molecule has 1 aromatic carbocycles. The number of carbonyl (C=O) groups is 7. The second-order valence-electron chi connectivity index (χ2n) is 15.5. The van der Waals surface area contributed by atoms with Crippen LogP contribution in [0.3, 0.4) is 0 Å². The normalized spacial score (nSPS) is 29.7. The predicted octanol–water partition coefficient (Wildman–Crippen LogP) is 3.02. The van der Waals surface area contributed by atoms with E-state index in [1.807, 2.05) is 13.0 Å². The summed E-state index contributed by atoms with van der Waals surface area (Å²) < 4.78 is 29.2. The topological polar surface area (TPSA) is 220 Å². The van der Waals surface area contributed by atoms with Crippen molar-refractivity contribution >= 4 is 70.7 Å². The number of epoxide rings is 1. The second-order valence-corrected chi connectivity index (χ2v) is 17.0. The van der Waals surface area contributed by atoms with E-state index >= 15 is 0 Å². The molecule has 8 atom stereocenters. The molecule has 61 heavy (non-hydrogen) atoms. The van der Waals surface area contributed by atoms with Gasteiger partial charge in [-0.25, -0.2) is 14.4 Å². The van der Waals surface area contributed by atoms with E-state index in [0.29, 0.717) is 22.9 Å². The zero-order valence-corrected chi connectivity index (χ0v) is 36.7. The fraction of sp³-hybridized carbons (Fsp3) is 0.537. The van der Waals surface area contributed by atoms with E-state index in [-0.39, 0.29) is 29.4 Å². The number of hydrogen-bond acceptors (Lipinski definition) is 15. The number of rotatable bonds is 11. The van der Waals surface area contributed by atoms with Gasteiger partial charge in [0.15, 0.2) is 5.72 Å². The smallest absolute Gasteiger partial charge is 0.409 e. The number of nitrogens with zero attached hydrogens (tertiary/aromatic N) is 3. The molecule has 2 fully saturated rings. The highest BCUT2D eigenvalue weighted by Gasteiger charge is 2.64. The van der Waals surface area contributed by atoms with Gasteiger partial charge in [0.05, 0.1) is 31.1 Å². The van der Waals surface area contributed by atoms with Crippen molar-refractivity contribution in [3.8, 4) is 5.75 Å². The molecule has 0 saturated carbocycles. The third-order valence-electron chi connectivity index (χ3n) is 11.2. The molecule has 4 aliphatic heterocycles. The van der Waals surface area contributed by atoms with E-state index in [1.165, 1.54) is 45.0 Å². The van der Waals surface area contributed by atoms with E-state index < -0.39 is 95.8 Å². The van der Waals surface area contributed by atoms with Gasteiger partial charge in [-0.1, -0.05) is 47.4 Å². The number of anilines is 1. The minimum Gasteiger partial charge on any atom is -0.495 e. The molecule has 4 heterocycles. The van der Waals surface area contributed by atoms with Crippen LogP contribution in [-0.4, -0.2) is 138 Å². The standard InChI is InChI=1S/C41H51ClN4O14S/c1-22-10-9-11-29(56-8)41(54)20-28(57-39(53)43-41)23(2)37-40(4,59-37)30(19-34(50)45(6)26-17-25(16-22)18-27(55-7)36(26)42)58-38(52)24(3)44(5)31(47)14-15-61-21-35(51)60-46-32(48)12-13-33(46)49/h9-13,17-18,23-24,28-30,37,54H,14-16,19-21H2,1-8H3,(H,43,53)/b11-9+,22-10+/t23-,24+,28+,29-,30+,37+,40+,41+/m1/s1. The Bertz CT molecular complexity index is 2010. The summed E-state index contributed by atoms with van der Waals surface area (Å²) in [6, 6.07) is 2.37. The molecule has 0 aromatic heterocycles. The number of likely N-dealkylation sites (N-methyl/N-ethyl adjacent to an activating group) is 1. The number of nitrogens with one attached hydrogen (secondary N) is 1. The van der Waals surface area contributed by atoms with Crippen molar-refractivity contribution in [2.75, 3.05) is 44.7 Å². The van der Waals surface area contributed by atoms with E-state index in [4.69, 9.17) is 40.1 Å². The number of ether oxygens (including phenoxy) is 5. The number of alkyl carbamates (subject to hydrolysis) is 1. The largest absolute Gasteiger partial charge is 0.495 e. The molecule has 332 valence electrons. The van der Waals surface area contributed by atoms with Crippen LogP contribution < -0.4 is 15.0 Å². The van der Waals surface area contributed by atoms with Crippen molar-refractivity contribution in [2.45, 2.75) is 95.2 Å². The third-order valence-corrected chi connectivity index (χ3v) is 12.5. The number of hydrogen-bond donors (Lipinski definition) is 2. The molecule has 1 aromatic rings. The Morgan fingerprint density at radius 1 is 1.15 bits per heavy atom. The summed E-state index contributed by atoms with van der Waals surface area (Å²) in [5.41, 5.74) is -1.18. The van der Waals surface area contributed by atoms with Crippen LogP contribution in [0.1, 0.15) is 52.5 Å². The highest BCUT2D eigenvalue weighted by molar-refractivity contribution is 7.99. The number of thioether (sulfide) groups is 1. The maximum Gasteiger partial charge on any atom is 0.409 e. The van der Waals surface area contributed by atoms with Gasteiger partial charge >= 0.3 is 18.0 Å². The summed E-state index contributed by atoms with van der Waals surface area (Å²) >= 11 is 7.79. The van der Waals surface area contributed by atoms with Gasteiger partial charge in [-0.05, 0) is 44.9 Å². The maximum atomic E-state index is 14.2. The lowest BCUT2D eigenvalue weighted by Crippen LogP contribution is -2.63. The van der Waals surface area contributed by atoms with Crippen LogP contribution in [-0.2, 0) is 59.0 Å². The first kappa shape index (κ1) is 47.1. The molecule has 2 saturated heterocycles. The first-order valence-corrected chi connectivity index (χ1v) is 21.0. The van der Waals surface area contributed by atoms with Gasteiger partial charge in [0.1, 0.15) is 40.7 Å². The third kappa shape index (κ3) is 10.7. The molecular weight excluding hydrogens is 840 g/mol. The van der Waals surface area contributed by atoms with Gasteiger partial charge in [-0.3, -0.25) is 24.5 Å². The molecule has 5 rings (SSSR count). The van der Waals surface area contributed by atoms with Gasteiger partial charge in [-0.2, -0.15) is 0 Å². The Kier molecular flexibility index (Phi) is 15.0. The molecule has 4 bridgehead atoms. The van der Waals surface area contributed by atoms with Gasteiger partial charge in [-0.15, -0.1) is 11.8 Å². The van der Waals surface area contributed by atoms with Crippen molar-refractivity contribution in [2.24, 2.45) is 5.92 Å². The molecule has 0 spiro atoms. The van der Waals surface area contributed by atoms with Crippen LogP contribution in [0.15, 0.2) is 48.1 Å².